The number of carbonyl (C=O) groups excluding carboxylic acids is 1. The maximum absolute atomic E-state index is 11.4. The molecule has 1 aromatic carbocycles. The Labute approximate surface area is 173 Å². The maximum Gasteiger partial charge on any atom is 0.257 e. The summed E-state index contributed by atoms with van der Waals surface area (Å²) < 4.78 is 10.6. The lowest BCUT2D eigenvalue weighted by Crippen LogP contribution is -2.54. The minimum absolute atomic E-state index is 0.199. The highest BCUT2D eigenvalue weighted by molar-refractivity contribution is 5.86. The lowest BCUT2D eigenvalue weighted by Gasteiger charge is -2.38. The van der Waals surface area contributed by atoms with Crippen molar-refractivity contribution in [3.63, 3.8) is 0 Å². The number of fused-ring (bicyclic) bond motifs is 1. The van der Waals surface area contributed by atoms with Crippen LogP contribution in [0.15, 0.2) is 43.2 Å². The van der Waals surface area contributed by atoms with Crippen molar-refractivity contribution in [1.29, 1.82) is 0 Å². The van der Waals surface area contributed by atoms with Gasteiger partial charge in [0.15, 0.2) is 5.65 Å². The van der Waals surface area contributed by atoms with Crippen molar-refractivity contribution >= 4 is 17.1 Å². The molecule has 1 aliphatic heterocycles. The summed E-state index contributed by atoms with van der Waals surface area (Å²) in [6, 6.07) is 5.50. The number of nitrogens with zero attached hydrogens (tertiary/aromatic N) is 3. The summed E-state index contributed by atoms with van der Waals surface area (Å²) >= 11 is 0. The highest BCUT2D eigenvalue weighted by Gasteiger charge is 2.30. The van der Waals surface area contributed by atoms with Gasteiger partial charge in [-0.3, -0.25) is 10.2 Å². The van der Waals surface area contributed by atoms with E-state index in [1.54, 1.807) is 32.7 Å². The molecule has 8 heteroatoms. The van der Waals surface area contributed by atoms with Crippen molar-refractivity contribution in [2.75, 3.05) is 27.3 Å². The Morgan fingerprint density at radius 1 is 1.27 bits per heavy atom. The second-order valence-electron chi connectivity index (χ2n) is 6.83. The zero-order chi connectivity index (χ0) is 21.1. The van der Waals surface area contributed by atoms with E-state index < -0.39 is 0 Å². The van der Waals surface area contributed by atoms with Gasteiger partial charge in [-0.2, -0.15) is 0 Å². The summed E-state index contributed by atoms with van der Waals surface area (Å²) in [5.74, 6) is 7.64. The van der Waals surface area contributed by atoms with E-state index in [4.69, 9.17) is 14.5 Å². The molecule has 4 rings (SSSR count). The van der Waals surface area contributed by atoms with Crippen LogP contribution in [0, 0.1) is 11.8 Å². The molecule has 0 radical (unpaired) electrons. The van der Waals surface area contributed by atoms with Crippen LogP contribution in [0.5, 0.6) is 11.5 Å². The molecule has 0 saturated carbocycles. The number of hydrogen-bond donors (Lipinski definition) is 2. The van der Waals surface area contributed by atoms with E-state index in [0.717, 1.165) is 22.3 Å². The number of benzene rings is 1. The van der Waals surface area contributed by atoms with Gasteiger partial charge in [-0.25, -0.2) is 15.0 Å². The molecule has 2 aromatic heterocycles. The first kappa shape index (κ1) is 19.5. The number of H-pyrrole nitrogens is 1. The number of nitrogens with one attached hydrogen (secondary N) is 2. The van der Waals surface area contributed by atoms with Crippen LogP contribution in [-0.2, 0) is 4.79 Å². The molecule has 3 heterocycles. The minimum Gasteiger partial charge on any atom is -0.497 e. The van der Waals surface area contributed by atoms with Crippen LogP contribution in [0.4, 0.5) is 0 Å². The minimum atomic E-state index is -0.215. The van der Waals surface area contributed by atoms with E-state index >= 15 is 0 Å². The van der Waals surface area contributed by atoms with E-state index in [1.165, 1.54) is 6.08 Å². The third-order valence-electron chi connectivity index (χ3n) is 4.85. The van der Waals surface area contributed by atoms with Crippen molar-refractivity contribution in [2.24, 2.45) is 0 Å². The summed E-state index contributed by atoms with van der Waals surface area (Å²) in [7, 11) is 3.21. The first-order valence-corrected chi connectivity index (χ1v) is 9.36. The average molecular weight is 403 g/mol. The largest absolute Gasteiger partial charge is 0.497 e. The van der Waals surface area contributed by atoms with Crippen molar-refractivity contribution in [2.45, 2.75) is 5.92 Å². The third kappa shape index (κ3) is 3.97. The van der Waals surface area contributed by atoms with E-state index in [9.17, 15) is 4.79 Å². The van der Waals surface area contributed by atoms with Gasteiger partial charge in [-0.15, -0.1) is 0 Å². The van der Waals surface area contributed by atoms with Crippen LogP contribution in [0.2, 0.25) is 0 Å². The van der Waals surface area contributed by atoms with Gasteiger partial charge in [0.05, 0.1) is 31.7 Å². The van der Waals surface area contributed by atoms with Gasteiger partial charge in [0.1, 0.15) is 17.0 Å². The summed E-state index contributed by atoms with van der Waals surface area (Å²) in [6.07, 6.45) is 4.82. The molecule has 0 spiro atoms. The summed E-state index contributed by atoms with van der Waals surface area (Å²) in [5, 5.41) is 1.83. The Kier molecular flexibility index (Phi) is 5.37. The van der Waals surface area contributed by atoms with Crippen molar-refractivity contribution in [1.82, 2.24) is 25.4 Å². The zero-order valence-electron chi connectivity index (χ0n) is 16.7. The fourth-order valence-electron chi connectivity index (χ4n) is 3.17. The SMILES string of the molecule is C=CC(=O)NN1CC(c2cnc3[nH]cc(C#Cc4cc(OC)cc(OC)c4)c3n2)C1. The first-order chi connectivity index (χ1) is 14.6. The Balaban J connectivity index is 1.56. The third-order valence-corrected chi connectivity index (χ3v) is 4.85. The molecule has 3 aromatic rings. The quantitative estimate of drug-likeness (QED) is 0.500. The fourth-order valence-corrected chi connectivity index (χ4v) is 3.17. The predicted molar refractivity (Wildman–Crippen MR) is 112 cm³/mol. The van der Waals surface area contributed by atoms with Gasteiger partial charge in [0.25, 0.3) is 5.91 Å². The summed E-state index contributed by atoms with van der Waals surface area (Å²) in [4.78, 5) is 23.7. The second-order valence-corrected chi connectivity index (χ2v) is 6.83. The topological polar surface area (TPSA) is 92.4 Å². The number of aromatic amines is 1. The first-order valence-electron chi connectivity index (χ1n) is 9.36. The number of methoxy groups -OCH3 is 2. The number of aromatic nitrogens is 3. The van der Waals surface area contributed by atoms with Gasteiger partial charge in [-0.1, -0.05) is 18.4 Å². The van der Waals surface area contributed by atoms with E-state index in [0.29, 0.717) is 30.2 Å². The Bertz CT molecular complexity index is 1150. The Morgan fingerprint density at radius 2 is 2.00 bits per heavy atom. The smallest absolute Gasteiger partial charge is 0.257 e. The van der Waals surface area contributed by atoms with Crippen LogP contribution >= 0.6 is 0 Å². The predicted octanol–water partition coefficient (Wildman–Crippen LogP) is 1.99. The van der Waals surface area contributed by atoms with E-state index in [-0.39, 0.29) is 11.8 Å². The van der Waals surface area contributed by atoms with Gasteiger partial charge in [-0.05, 0) is 18.2 Å². The Morgan fingerprint density at radius 3 is 2.67 bits per heavy atom. The van der Waals surface area contributed by atoms with Crippen LogP contribution in [0.1, 0.15) is 22.7 Å². The molecular formula is C22H21N5O3. The molecule has 30 heavy (non-hydrogen) atoms. The van der Waals surface area contributed by atoms with Crippen LogP contribution < -0.4 is 14.9 Å². The number of hydrazine groups is 1. The average Bonchev–Trinajstić information content (AvgIpc) is 3.16. The van der Waals surface area contributed by atoms with Crippen molar-refractivity contribution in [3.05, 3.63) is 60.1 Å². The fraction of sp³-hybridized carbons (Fsp3) is 0.227. The standard InChI is InChI=1S/C22H21N5O3/c1-4-20(28)26-27-12-16(13-27)19-11-24-22-21(25-19)15(10-23-22)6-5-14-7-17(29-2)9-18(8-14)30-3/h4,7-11,16H,1,12-13H2,2-3H3,(H,23,24)(H,26,28). The van der Waals surface area contributed by atoms with Crippen LogP contribution in [0.3, 0.4) is 0 Å². The van der Waals surface area contributed by atoms with Crippen LogP contribution in [0.25, 0.3) is 11.2 Å². The lowest BCUT2D eigenvalue weighted by atomic mass is 9.98. The maximum atomic E-state index is 11.4. The monoisotopic (exact) mass is 403 g/mol. The molecule has 0 unspecified atom stereocenters. The molecule has 2 N–H and O–H groups in total. The lowest BCUT2D eigenvalue weighted by molar-refractivity contribution is -0.123. The van der Waals surface area contributed by atoms with Gasteiger partial charge >= 0.3 is 0 Å². The molecular weight excluding hydrogens is 382 g/mol. The molecule has 152 valence electrons. The molecule has 8 nitrogen and oxygen atoms in total. The molecule has 0 bridgehead atoms. The number of hydrogen-bond acceptors (Lipinski definition) is 6. The van der Waals surface area contributed by atoms with Gasteiger partial charge in [0, 0.05) is 36.8 Å². The Hall–Kier alpha value is -3.83. The molecule has 0 atom stereocenters. The van der Waals surface area contributed by atoms with Gasteiger partial charge < -0.3 is 14.5 Å². The van der Waals surface area contributed by atoms with Crippen molar-refractivity contribution < 1.29 is 14.3 Å². The normalized spacial score (nSPS) is 13.8. The molecule has 0 aliphatic carbocycles. The summed E-state index contributed by atoms with van der Waals surface area (Å²) in [5.41, 5.74) is 6.56. The number of carbonyl (C=O) groups is 1. The molecule has 1 saturated heterocycles. The van der Waals surface area contributed by atoms with Crippen LogP contribution in [-0.4, -0.2) is 53.2 Å². The van der Waals surface area contributed by atoms with Crippen molar-refractivity contribution in [3.8, 4) is 23.3 Å². The highest BCUT2D eigenvalue weighted by atomic mass is 16.5. The highest BCUT2D eigenvalue weighted by Crippen LogP contribution is 2.26. The molecule has 1 fully saturated rings. The second kappa shape index (κ2) is 8.27. The number of ether oxygens (including phenoxy) is 2. The van der Waals surface area contributed by atoms with Gasteiger partial charge in [0.2, 0.25) is 0 Å². The molecule has 1 amide bonds. The van der Waals surface area contributed by atoms with E-state index in [1.807, 2.05) is 17.1 Å². The summed E-state index contributed by atoms with van der Waals surface area (Å²) in [6.45, 7) is 4.81. The molecule has 1 aliphatic rings. The van der Waals surface area contributed by atoms with E-state index in [2.05, 4.69) is 33.8 Å². The number of amides is 1. The number of rotatable bonds is 5. The zero-order valence-corrected chi connectivity index (χ0v) is 16.7.